The number of hydrogen-bond acceptors (Lipinski definition) is 6. The van der Waals surface area contributed by atoms with Gasteiger partial charge in [0.25, 0.3) is 5.91 Å². The fraction of sp³-hybridized carbons (Fsp3) is 0.0667. The number of aromatic nitrogens is 3. The van der Waals surface area contributed by atoms with Crippen molar-refractivity contribution in [1.82, 2.24) is 20.3 Å². The van der Waals surface area contributed by atoms with Crippen LogP contribution >= 0.6 is 15.9 Å². The molecule has 3 aromatic rings. The Hall–Kier alpha value is -2.74. The molecule has 0 aliphatic carbocycles. The zero-order chi connectivity index (χ0) is 16.2. The highest BCUT2D eigenvalue weighted by molar-refractivity contribution is 9.10. The Bertz CT molecular complexity index is 836. The number of halogens is 1. The summed E-state index contributed by atoms with van der Waals surface area (Å²) in [6, 6.07) is 10.5. The molecule has 3 N–H and O–H groups in total. The average Bonchev–Trinajstić information content (AvgIpc) is 3.06. The molecular formula is C15H12BrN5O2. The molecule has 0 radical (unpaired) electrons. The number of pyridine rings is 1. The summed E-state index contributed by atoms with van der Waals surface area (Å²) in [4.78, 5) is 24.5. The lowest BCUT2D eigenvalue weighted by Gasteiger charge is -2.06. The molecule has 0 saturated carbocycles. The van der Waals surface area contributed by atoms with Crippen LogP contribution in [-0.4, -0.2) is 20.9 Å². The van der Waals surface area contributed by atoms with E-state index < -0.39 is 0 Å². The molecule has 3 rings (SSSR count). The molecule has 0 aliphatic heterocycles. The van der Waals surface area contributed by atoms with Gasteiger partial charge in [-0.2, -0.15) is 0 Å². The zero-order valence-corrected chi connectivity index (χ0v) is 13.4. The molecule has 0 aromatic carbocycles. The molecule has 0 bridgehead atoms. The Balaban J connectivity index is 1.77. The van der Waals surface area contributed by atoms with Crippen LogP contribution in [0.2, 0.25) is 0 Å². The van der Waals surface area contributed by atoms with Gasteiger partial charge in [-0.25, -0.2) is 15.0 Å². The number of anilines is 1. The molecule has 23 heavy (non-hydrogen) atoms. The highest BCUT2D eigenvalue weighted by Gasteiger charge is 2.13. The van der Waals surface area contributed by atoms with Crippen LogP contribution in [0.4, 0.5) is 5.95 Å². The topological polar surface area (TPSA) is 107 Å². The number of hydrogen-bond donors (Lipinski definition) is 2. The Morgan fingerprint density at radius 3 is 2.83 bits per heavy atom. The summed E-state index contributed by atoms with van der Waals surface area (Å²) in [5, 5.41) is 2.74. The summed E-state index contributed by atoms with van der Waals surface area (Å²) < 4.78 is 5.96. The Morgan fingerprint density at radius 2 is 2.09 bits per heavy atom. The summed E-state index contributed by atoms with van der Waals surface area (Å²) in [6.07, 6.45) is 1.52. The summed E-state index contributed by atoms with van der Waals surface area (Å²) in [7, 11) is 0. The molecule has 0 saturated heterocycles. The predicted octanol–water partition coefficient (Wildman–Crippen LogP) is 2.41. The van der Waals surface area contributed by atoms with E-state index in [2.05, 4.69) is 36.2 Å². The number of rotatable bonds is 4. The predicted molar refractivity (Wildman–Crippen MR) is 87.3 cm³/mol. The van der Waals surface area contributed by atoms with Crippen molar-refractivity contribution in [1.29, 1.82) is 0 Å². The maximum Gasteiger partial charge on any atom is 0.270 e. The first-order chi connectivity index (χ1) is 11.1. The van der Waals surface area contributed by atoms with Crippen molar-refractivity contribution < 1.29 is 9.21 Å². The van der Waals surface area contributed by atoms with Crippen molar-refractivity contribution in [3.8, 4) is 11.5 Å². The lowest BCUT2D eigenvalue weighted by atomic mass is 10.2. The van der Waals surface area contributed by atoms with Crippen LogP contribution in [0.5, 0.6) is 0 Å². The summed E-state index contributed by atoms with van der Waals surface area (Å²) in [6.45, 7) is 0.276. The lowest BCUT2D eigenvalue weighted by molar-refractivity contribution is 0.0945. The first kappa shape index (κ1) is 15.2. The number of nitrogens with two attached hydrogens (primary N) is 1. The second kappa shape index (κ2) is 6.57. The zero-order valence-electron chi connectivity index (χ0n) is 11.9. The largest absolute Gasteiger partial charge is 0.463 e. The molecule has 0 aliphatic rings. The number of amides is 1. The molecule has 116 valence electrons. The van der Waals surface area contributed by atoms with E-state index in [1.54, 1.807) is 12.1 Å². The van der Waals surface area contributed by atoms with E-state index in [0.29, 0.717) is 16.1 Å². The molecule has 0 spiro atoms. The molecule has 0 unspecified atom stereocenters. The van der Waals surface area contributed by atoms with Gasteiger partial charge in [0, 0.05) is 0 Å². The van der Waals surface area contributed by atoms with Crippen LogP contribution < -0.4 is 11.1 Å². The van der Waals surface area contributed by atoms with Gasteiger partial charge in [0.2, 0.25) is 5.95 Å². The van der Waals surface area contributed by atoms with Crippen LogP contribution in [0.15, 0.2) is 51.7 Å². The monoisotopic (exact) mass is 373 g/mol. The fourth-order valence-corrected chi connectivity index (χ4v) is 2.32. The van der Waals surface area contributed by atoms with Crippen LogP contribution in [0.1, 0.15) is 16.2 Å². The molecule has 3 aromatic heterocycles. The molecule has 0 fully saturated rings. The van der Waals surface area contributed by atoms with Crippen molar-refractivity contribution >= 4 is 27.8 Å². The molecule has 8 heteroatoms. The molecular weight excluding hydrogens is 362 g/mol. The Labute approximate surface area is 140 Å². The van der Waals surface area contributed by atoms with Crippen LogP contribution in [0.3, 0.4) is 0 Å². The van der Waals surface area contributed by atoms with Crippen LogP contribution in [0, 0.1) is 0 Å². The number of carbonyl (C=O) groups excluding carboxylic acids is 1. The van der Waals surface area contributed by atoms with Crippen LogP contribution in [-0.2, 0) is 6.54 Å². The quantitative estimate of drug-likeness (QED) is 0.680. The first-order valence-corrected chi connectivity index (χ1v) is 7.49. The number of nitrogens with one attached hydrogen (secondary N) is 1. The minimum atomic E-state index is -0.367. The van der Waals surface area contributed by atoms with E-state index in [1.807, 2.05) is 18.2 Å². The van der Waals surface area contributed by atoms with Crippen LogP contribution in [0.25, 0.3) is 11.5 Å². The second-order valence-electron chi connectivity index (χ2n) is 4.61. The van der Waals surface area contributed by atoms with Crippen molar-refractivity contribution in [2.24, 2.45) is 0 Å². The van der Waals surface area contributed by atoms with Gasteiger partial charge >= 0.3 is 0 Å². The number of nitrogens with zero attached hydrogens (tertiary/aromatic N) is 3. The van der Waals surface area contributed by atoms with Gasteiger partial charge in [0.15, 0.2) is 5.76 Å². The van der Waals surface area contributed by atoms with E-state index in [0.717, 1.165) is 5.69 Å². The van der Waals surface area contributed by atoms with Gasteiger partial charge in [-0.15, -0.1) is 0 Å². The fourth-order valence-electron chi connectivity index (χ4n) is 1.94. The second-order valence-corrected chi connectivity index (χ2v) is 5.42. The summed E-state index contributed by atoms with van der Waals surface area (Å²) >= 11 is 3.28. The maximum absolute atomic E-state index is 12.2. The minimum Gasteiger partial charge on any atom is -0.463 e. The maximum atomic E-state index is 12.2. The van der Waals surface area contributed by atoms with Gasteiger partial charge in [-0.05, 0) is 46.3 Å². The van der Waals surface area contributed by atoms with Crippen molar-refractivity contribution in [3.63, 3.8) is 0 Å². The van der Waals surface area contributed by atoms with E-state index in [1.165, 1.54) is 12.3 Å². The smallest absolute Gasteiger partial charge is 0.270 e. The van der Waals surface area contributed by atoms with Gasteiger partial charge in [-0.3, -0.25) is 4.79 Å². The highest BCUT2D eigenvalue weighted by Crippen LogP contribution is 2.19. The van der Waals surface area contributed by atoms with Gasteiger partial charge < -0.3 is 15.5 Å². The van der Waals surface area contributed by atoms with E-state index >= 15 is 0 Å². The SMILES string of the molecule is Nc1nc(C(=O)NCc2cccc(Br)n2)cc(-c2ccco2)n1. The average molecular weight is 374 g/mol. The molecule has 7 nitrogen and oxygen atoms in total. The van der Waals surface area contributed by atoms with Crippen molar-refractivity contribution in [2.45, 2.75) is 6.54 Å². The standard InChI is InChI=1S/C15H12BrN5O2/c16-13-5-1-3-9(19-13)8-18-14(22)11-7-10(20-15(17)21-11)12-4-2-6-23-12/h1-7H,8H2,(H,18,22)(H2,17,20,21). The van der Waals surface area contributed by atoms with Gasteiger partial charge in [0.1, 0.15) is 16.0 Å². The van der Waals surface area contributed by atoms with Crippen molar-refractivity contribution in [3.05, 3.63) is 58.7 Å². The lowest BCUT2D eigenvalue weighted by Crippen LogP contribution is -2.25. The molecule has 1 amide bonds. The van der Waals surface area contributed by atoms with E-state index in [4.69, 9.17) is 10.2 Å². The normalized spacial score (nSPS) is 10.5. The van der Waals surface area contributed by atoms with E-state index in [-0.39, 0.29) is 24.1 Å². The van der Waals surface area contributed by atoms with E-state index in [9.17, 15) is 4.79 Å². The van der Waals surface area contributed by atoms with Crippen molar-refractivity contribution in [2.75, 3.05) is 5.73 Å². The Morgan fingerprint density at radius 1 is 1.22 bits per heavy atom. The summed E-state index contributed by atoms with van der Waals surface area (Å²) in [5.74, 6) is 0.153. The number of nitrogen functional groups attached to an aromatic ring is 1. The van der Waals surface area contributed by atoms with Gasteiger partial charge in [0.05, 0.1) is 18.5 Å². The Kier molecular flexibility index (Phi) is 4.33. The molecule has 0 atom stereocenters. The number of carbonyl (C=O) groups is 1. The third kappa shape index (κ3) is 3.72. The van der Waals surface area contributed by atoms with Gasteiger partial charge in [-0.1, -0.05) is 6.07 Å². The third-order valence-corrected chi connectivity index (χ3v) is 3.39. The molecule has 3 heterocycles. The first-order valence-electron chi connectivity index (χ1n) is 6.70. The number of furan rings is 1. The minimum absolute atomic E-state index is 0.00429. The summed E-state index contributed by atoms with van der Waals surface area (Å²) in [5.41, 5.74) is 7.01. The highest BCUT2D eigenvalue weighted by atomic mass is 79.9. The third-order valence-electron chi connectivity index (χ3n) is 2.95.